The van der Waals surface area contributed by atoms with E-state index in [9.17, 15) is 0 Å². The second kappa shape index (κ2) is 9.07. The highest BCUT2D eigenvalue weighted by Gasteiger charge is 2.18. The number of aromatic nitrogens is 3. The third-order valence-corrected chi connectivity index (χ3v) is 7.53. The third kappa shape index (κ3) is 3.62. The van der Waals surface area contributed by atoms with Gasteiger partial charge in [-0.25, -0.2) is 9.97 Å². The van der Waals surface area contributed by atoms with Crippen molar-refractivity contribution in [2.24, 2.45) is 0 Å². The smallest absolute Gasteiger partial charge is 0.235 e. The number of furan rings is 1. The van der Waals surface area contributed by atoms with Crippen LogP contribution in [0.25, 0.3) is 72.2 Å². The monoisotopic (exact) mass is 513 g/mol. The molecule has 0 spiro atoms. The van der Waals surface area contributed by atoms with Crippen molar-refractivity contribution < 1.29 is 4.42 Å². The lowest BCUT2D eigenvalue weighted by atomic mass is 9.94. The predicted octanol–water partition coefficient (Wildman–Crippen LogP) is 9.32. The molecule has 0 saturated carbocycles. The molecule has 4 nitrogen and oxygen atoms in total. The molecule has 0 unspecified atom stereocenters. The van der Waals surface area contributed by atoms with E-state index >= 15 is 0 Å². The summed E-state index contributed by atoms with van der Waals surface area (Å²) in [6, 6.07) is 44.5. The van der Waals surface area contributed by atoms with E-state index in [1.807, 2.05) is 12.1 Å². The minimum Gasteiger partial charge on any atom is -0.470 e. The van der Waals surface area contributed by atoms with Gasteiger partial charge >= 0.3 is 0 Å². The van der Waals surface area contributed by atoms with Gasteiger partial charge in [0.2, 0.25) is 5.95 Å². The van der Waals surface area contributed by atoms with Crippen LogP contribution in [0.2, 0.25) is 0 Å². The second-order valence-electron chi connectivity index (χ2n) is 9.94. The minimum atomic E-state index is 0.618. The molecule has 188 valence electrons. The van der Waals surface area contributed by atoms with Gasteiger partial charge in [-0.15, -0.1) is 0 Å². The van der Waals surface area contributed by atoms with Crippen LogP contribution in [-0.4, -0.2) is 14.5 Å². The van der Waals surface area contributed by atoms with Crippen LogP contribution in [0.4, 0.5) is 0 Å². The van der Waals surface area contributed by atoms with Crippen molar-refractivity contribution in [1.29, 1.82) is 0 Å². The molecule has 0 bridgehead atoms. The molecule has 8 rings (SSSR count). The number of hydrogen-bond donors (Lipinski definition) is 0. The molecule has 3 heterocycles. The van der Waals surface area contributed by atoms with Crippen LogP contribution < -0.4 is 0 Å². The van der Waals surface area contributed by atoms with E-state index in [1.54, 1.807) is 12.5 Å². The normalized spacial score (nSPS) is 11.5. The Morgan fingerprint density at radius 2 is 0.975 bits per heavy atom. The molecule has 0 aliphatic rings. The van der Waals surface area contributed by atoms with Gasteiger partial charge in [0.05, 0.1) is 22.1 Å². The summed E-state index contributed by atoms with van der Waals surface area (Å²) in [5.74, 6) is 0.618. The standard InChI is InChI=1S/C36H23N3O/c1-3-11-24(12-4-1)26-19-27(25-13-5-2-6-14-25)21-28(20-26)35-31-22-40-23-32(31)37-36(38-35)39-33-17-9-7-15-29(33)30-16-8-10-18-34(30)39/h1-23H. The fourth-order valence-electron chi connectivity index (χ4n) is 5.66. The Kier molecular flexibility index (Phi) is 5.10. The van der Waals surface area contributed by atoms with Crippen LogP contribution in [0, 0.1) is 0 Å². The number of hydrogen-bond acceptors (Lipinski definition) is 3. The van der Waals surface area contributed by atoms with E-state index in [1.165, 1.54) is 10.8 Å². The molecule has 0 saturated heterocycles. The molecule has 5 aromatic carbocycles. The minimum absolute atomic E-state index is 0.618. The second-order valence-corrected chi connectivity index (χ2v) is 9.94. The van der Waals surface area contributed by atoms with E-state index < -0.39 is 0 Å². The fraction of sp³-hybridized carbons (Fsp3) is 0. The SMILES string of the molecule is c1ccc(-c2cc(-c3ccccc3)cc(-c3nc(-n4c5ccccc5c5ccccc54)nc4cocc34)c2)cc1. The molecule has 3 aromatic heterocycles. The Morgan fingerprint density at radius 1 is 0.450 bits per heavy atom. The topological polar surface area (TPSA) is 43.9 Å². The van der Waals surface area contributed by atoms with Crippen LogP contribution in [-0.2, 0) is 0 Å². The summed E-state index contributed by atoms with van der Waals surface area (Å²) < 4.78 is 7.84. The van der Waals surface area contributed by atoms with Crippen molar-refractivity contribution in [2.45, 2.75) is 0 Å². The summed E-state index contributed by atoms with van der Waals surface area (Å²) in [5.41, 5.74) is 9.33. The molecule has 0 radical (unpaired) electrons. The lowest BCUT2D eigenvalue weighted by molar-refractivity contribution is 0.572. The zero-order valence-electron chi connectivity index (χ0n) is 21.5. The van der Waals surface area contributed by atoms with Gasteiger partial charge in [-0.1, -0.05) is 97.1 Å². The maximum absolute atomic E-state index is 5.69. The first-order chi connectivity index (χ1) is 19.8. The van der Waals surface area contributed by atoms with Gasteiger partial charge in [0.15, 0.2) is 0 Å². The zero-order valence-corrected chi connectivity index (χ0v) is 21.5. The van der Waals surface area contributed by atoms with Gasteiger partial charge in [0.25, 0.3) is 0 Å². The van der Waals surface area contributed by atoms with Gasteiger partial charge in [-0.3, -0.25) is 4.57 Å². The van der Waals surface area contributed by atoms with Crippen molar-refractivity contribution in [1.82, 2.24) is 14.5 Å². The molecule has 0 atom stereocenters. The first kappa shape index (κ1) is 22.5. The number of benzene rings is 5. The Labute approximate surface area is 230 Å². The van der Waals surface area contributed by atoms with Gasteiger partial charge in [-0.05, 0) is 52.6 Å². The number of fused-ring (bicyclic) bond motifs is 4. The maximum Gasteiger partial charge on any atom is 0.235 e. The van der Waals surface area contributed by atoms with Crippen LogP contribution in [0.1, 0.15) is 0 Å². The summed E-state index contributed by atoms with van der Waals surface area (Å²) in [7, 11) is 0. The Balaban J connectivity index is 1.42. The van der Waals surface area contributed by atoms with E-state index in [4.69, 9.17) is 14.4 Å². The van der Waals surface area contributed by atoms with Crippen LogP contribution in [0.3, 0.4) is 0 Å². The highest BCUT2D eigenvalue weighted by Crippen LogP contribution is 2.37. The van der Waals surface area contributed by atoms with Crippen molar-refractivity contribution in [3.05, 3.63) is 140 Å². The number of para-hydroxylation sites is 2. The molecule has 0 aliphatic carbocycles. The highest BCUT2D eigenvalue weighted by molar-refractivity contribution is 6.09. The van der Waals surface area contributed by atoms with Crippen molar-refractivity contribution in [3.8, 4) is 39.5 Å². The van der Waals surface area contributed by atoms with Gasteiger partial charge in [-0.2, -0.15) is 0 Å². The van der Waals surface area contributed by atoms with Gasteiger partial charge < -0.3 is 4.42 Å². The number of rotatable bonds is 4. The molecule has 0 aliphatic heterocycles. The van der Waals surface area contributed by atoms with Crippen LogP contribution in [0.5, 0.6) is 0 Å². The summed E-state index contributed by atoms with van der Waals surface area (Å²) in [4.78, 5) is 10.2. The molecule has 0 amide bonds. The molecule has 0 fully saturated rings. The van der Waals surface area contributed by atoms with Crippen LogP contribution in [0.15, 0.2) is 144 Å². The summed E-state index contributed by atoms with van der Waals surface area (Å²) in [6.07, 6.45) is 3.45. The number of nitrogens with zero attached hydrogens (tertiary/aromatic N) is 3. The quantitative estimate of drug-likeness (QED) is 0.235. The van der Waals surface area contributed by atoms with Gasteiger partial charge in [0.1, 0.15) is 18.0 Å². The van der Waals surface area contributed by atoms with Crippen molar-refractivity contribution >= 4 is 32.7 Å². The molecule has 0 N–H and O–H groups in total. The zero-order chi connectivity index (χ0) is 26.5. The average molecular weight is 514 g/mol. The Morgan fingerprint density at radius 3 is 1.57 bits per heavy atom. The van der Waals surface area contributed by atoms with E-state index in [-0.39, 0.29) is 0 Å². The van der Waals surface area contributed by atoms with E-state index in [2.05, 4.69) is 120 Å². The largest absolute Gasteiger partial charge is 0.470 e. The molecular weight excluding hydrogens is 490 g/mol. The molecule has 40 heavy (non-hydrogen) atoms. The maximum atomic E-state index is 5.69. The van der Waals surface area contributed by atoms with Crippen molar-refractivity contribution in [2.75, 3.05) is 0 Å². The lowest BCUT2D eigenvalue weighted by Gasteiger charge is -2.13. The molecule has 4 heteroatoms. The molecule has 8 aromatic rings. The summed E-state index contributed by atoms with van der Waals surface area (Å²) >= 11 is 0. The predicted molar refractivity (Wildman–Crippen MR) is 162 cm³/mol. The average Bonchev–Trinajstić information content (AvgIpc) is 3.64. The summed E-state index contributed by atoms with van der Waals surface area (Å²) in [5, 5.41) is 3.23. The summed E-state index contributed by atoms with van der Waals surface area (Å²) in [6.45, 7) is 0. The third-order valence-electron chi connectivity index (χ3n) is 7.53. The van der Waals surface area contributed by atoms with Crippen molar-refractivity contribution in [3.63, 3.8) is 0 Å². The Bertz CT molecular complexity index is 2050. The van der Waals surface area contributed by atoms with Gasteiger partial charge in [0, 0.05) is 16.3 Å². The van der Waals surface area contributed by atoms with Crippen LogP contribution >= 0.6 is 0 Å². The first-order valence-corrected chi connectivity index (χ1v) is 13.3. The fourth-order valence-corrected chi connectivity index (χ4v) is 5.66. The molecular formula is C36H23N3O. The van der Waals surface area contributed by atoms with E-state index in [0.29, 0.717) is 5.95 Å². The van der Waals surface area contributed by atoms with E-state index in [0.717, 1.165) is 55.4 Å². The first-order valence-electron chi connectivity index (χ1n) is 13.3. The Hall–Kier alpha value is -5.48. The highest BCUT2D eigenvalue weighted by atomic mass is 16.3. The lowest BCUT2D eigenvalue weighted by Crippen LogP contribution is -2.02.